The number of benzene rings is 1. The Labute approximate surface area is 123 Å². The van der Waals surface area contributed by atoms with E-state index in [-0.39, 0.29) is 36.2 Å². The molecule has 0 radical (unpaired) electrons. The molecule has 0 saturated carbocycles. The zero-order chi connectivity index (χ0) is 16.5. The maximum Gasteiger partial charge on any atom is 0.471 e. The fourth-order valence-corrected chi connectivity index (χ4v) is 2.43. The molecule has 1 aliphatic rings. The third-order valence-corrected chi connectivity index (χ3v) is 3.47. The Bertz CT molecular complexity index is 677. The molecular weight excluding hydrogens is 301 g/mol. The molecule has 1 aromatic rings. The largest absolute Gasteiger partial charge is 0.471 e. The first-order valence-corrected chi connectivity index (χ1v) is 6.29. The molecule has 2 rings (SSSR count). The molecule has 5 nitrogen and oxygen atoms in total. The highest BCUT2D eigenvalue weighted by Gasteiger charge is 2.43. The molecule has 0 N–H and O–H groups in total. The Balaban J connectivity index is 2.47. The van der Waals surface area contributed by atoms with Gasteiger partial charge in [-0.3, -0.25) is 4.79 Å². The smallest absolute Gasteiger partial charge is 0.465 e. The van der Waals surface area contributed by atoms with Crippen LogP contribution in [0.15, 0.2) is 12.1 Å². The molecule has 0 fully saturated rings. The molecule has 0 bridgehead atoms. The first kappa shape index (κ1) is 15.8. The molecule has 0 saturated heterocycles. The second-order valence-corrected chi connectivity index (χ2v) is 4.70. The number of nitrogens with zero attached hydrogens (tertiary/aromatic N) is 2. The summed E-state index contributed by atoms with van der Waals surface area (Å²) in [5, 5.41) is 9.06. The first-order chi connectivity index (χ1) is 10.3. The second kappa shape index (κ2) is 5.67. The van der Waals surface area contributed by atoms with Crippen molar-refractivity contribution in [3.63, 3.8) is 0 Å². The summed E-state index contributed by atoms with van der Waals surface area (Å²) in [4.78, 5) is 23.7. The predicted molar refractivity (Wildman–Crippen MR) is 67.7 cm³/mol. The molecule has 0 spiro atoms. The van der Waals surface area contributed by atoms with Gasteiger partial charge < -0.3 is 9.64 Å². The number of rotatable bonds is 1. The minimum Gasteiger partial charge on any atom is -0.465 e. The van der Waals surface area contributed by atoms with Gasteiger partial charge >= 0.3 is 18.1 Å². The fourth-order valence-electron chi connectivity index (χ4n) is 2.43. The number of ether oxygens (including phenoxy) is 1. The molecule has 1 aromatic carbocycles. The molecular formula is C14H11F3N2O3. The molecule has 0 atom stereocenters. The maximum absolute atomic E-state index is 12.5. The van der Waals surface area contributed by atoms with Crippen molar-refractivity contribution in [3.05, 3.63) is 34.4 Å². The Morgan fingerprint density at radius 3 is 2.55 bits per heavy atom. The van der Waals surface area contributed by atoms with Crippen molar-refractivity contribution >= 4 is 11.9 Å². The van der Waals surface area contributed by atoms with E-state index in [4.69, 9.17) is 5.26 Å². The number of halogens is 3. The number of fused-ring (bicyclic) bond motifs is 1. The highest BCUT2D eigenvalue weighted by molar-refractivity contribution is 5.92. The second-order valence-electron chi connectivity index (χ2n) is 4.70. The van der Waals surface area contributed by atoms with E-state index in [9.17, 15) is 22.8 Å². The molecule has 0 unspecified atom stereocenters. The third kappa shape index (κ3) is 2.74. The molecule has 0 aliphatic carbocycles. The van der Waals surface area contributed by atoms with Gasteiger partial charge in [0.1, 0.15) is 0 Å². The van der Waals surface area contributed by atoms with Crippen LogP contribution < -0.4 is 0 Å². The number of hydrogen-bond acceptors (Lipinski definition) is 4. The van der Waals surface area contributed by atoms with Crippen molar-refractivity contribution < 1.29 is 27.5 Å². The highest BCUT2D eigenvalue weighted by Crippen LogP contribution is 2.29. The lowest BCUT2D eigenvalue weighted by molar-refractivity contribution is -0.186. The van der Waals surface area contributed by atoms with Crippen molar-refractivity contribution in [3.8, 4) is 6.07 Å². The predicted octanol–water partition coefficient (Wildman–Crippen LogP) is 1.79. The number of carbonyl (C=O) groups is 2. The van der Waals surface area contributed by atoms with Crippen LogP contribution in [0.4, 0.5) is 13.2 Å². The van der Waals surface area contributed by atoms with Crippen molar-refractivity contribution in [2.45, 2.75) is 19.1 Å². The van der Waals surface area contributed by atoms with Crippen LogP contribution in [0.5, 0.6) is 0 Å². The summed E-state index contributed by atoms with van der Waals surface area (Å²) in [5.74, 6) is -2.68. The van der Waals surface area contributed by atoms with Crippen LogP contribution in [0, 0.1) is 11.3 Å². The van der Waals surface area contributed by atoms with Gasteiger partial charge in [-0.15, -0.1) is 0 Å². The maximum atomic E-state index is 12.5. The van der Waals surface area contributed by atoms with E-state index in [1.165, 1.54) is 12.1 Å². The topological polar surface area (TPSA) is 70.4 Å². The summed E-state index contributed by atoms with van der Waals surface area (Å²) < 4.78 is 42.2. The summed E-state index contributed by atoms with van der Waals surface area (Å²) >= 11 is 0. The van der Waals surface area contributed by atoms with Crippen LogP contribution in [-0.2, 0) is 22.5 Å². The zero-order valence-electron chi connectivity index (χ0n) is 11.5. The minimum absolute atomic E-state index is 0.0659. The number of amides is 1. The van der Waals surface area contributed by atoms with Crippen LogP contribution in [0.2, 0.25) is 0 Å². The monoisotopic (exact) mass is 312 g/mol. The third-order valence-electron chi connectivity index (χ3n) is 3.47. The van der Waals surface area contributed by atoms with E-state index in [0.717, 1.165) is 7.11 Å². The highest BCUT2D eigenvalue weighted by atomic mass is 19.4. The Hall–Kier alpha value is -2.56. The van der Waals surface area contributed by atoms with E-state index in [1.54, 1.807) is 0 Å². The van der Waals surface area contributed by atoms with E-state index >= 15 is 0 Å². The van der Waals surface area contributed by atoms with Gasteiger partial charge in [0.25, 0.3) is 0 Å². The van der Waals surface area contributed by atoms with E-state index in [2.05, 4.69) is 4.74 Å². The number of esters is 1. The lowest BCUT2D eigenvalue weighted by Gasteiger charge is -2.30. The molecule has 8 heteroatoms. The Morgan fingerprint density at radius 1 is 1.32 bits per heavy atom. The number of alkyl halides is 3. The first-order valence-electron chi connectivity index (χ1n) is 6.29. The summed E-state index contributed by atoms with van der Waals surface area (Å²) in [6, 6.07) is 4.68. The van der Waals surface area contributed by atoms with Crippen LogP contribution >= 0.6 is 0 Å². The molecule has 0 aromatic heterocycles. The van der Waals surface area contributed by atoms with Gasteiger partial charge in [0.15, 0.2) is 0 Å². The average molecular weight is 312 g/mol. The van der Waals surface area contributed by atoms with E-state index in [0.29, 0.717) is 10.5 Å². The standard InChI is InChI=1S/C14H11F3N2O3/c1-22-12(20)10-3-2-8(6-18)9-4-5-19(7-11(9)10)13(21)14(15,16)17/h2-3H,4-5,7H2,1H3. The van der Waals surface area contributed by atoms with Crippen LogP contribution in [0.1, 0.15) is 27.0 Å². The SMILES string of the molecule is COC(=O)c1ccc(C#N)c2c1CN(C(=O)C(F)(F)F)CC2. The van der Waals surface area contributed by atoms with Crippen LogP contribution in [-0.4, -0.2) is 36.6 Å². The summed E-state index contributed by atoms with van der Waals surface area (Å²) in [5.41, 5.74) is 1.06. The molecule has 1 amide bonds. The van der Waals surface area contributed by atoms with Gasteiger partial charge in [-0.25, -0.2) is 4.79 Å². The van der Waals surface area contributed by atoms with Crippen molar-refractivity contribution in [2.24, 2.45) is 0 Å². The van der Waals surface area contributed by atoms with Gasteiger partial charge in [-0.05, 0) is 29.7 Å². The summed E-state index contributed by atoms with van der Waals surface area (Å²) in [7, 11) is 1.15. The molecule has 1 heterocycles. The van der Waals surface area contributed by atoms with Crippen LogP contribution in [0.3, 0.4) is 0 Å². The van der Waals surface area contributed by atoms with E-state index < -0.39 is 18.1 Å². The lowest BCUT2D eigenvalue weighted by Crippen LogP contribution is -2.44. The summed E-state index contributed by atoms with van der Waals surface area (Å²) in [6.07, 6.45) is -4.90. The van der Waals surface area contributed by atoms with Gasteiger partial charge in [0.05, 0.1) is 24.3 Å². The number of carbonyl (C=O) groups excluding carboxylic acids is 2. The molecule has 1 aliphatic heterocycles. The minimum atomic E-state index is -4.98. The normalized spacial score (nSPS) is 14.0. The number of methoxy groups -OCH3 is 1. The summed E-state index contributed by atoms with van der Waals surface area (Å²) in [6.45, 7) is -0.543. The average Bonchev–Trinajstić information content (AvgIpc) is 2.50. The van der Waals surface area contributed by atoms with Gasteiger partial charge in [-0.1, -0.05) is 0 Å². The molecule has 116 valence electrons. The van der Waals surface area contributed by atoms with Gasteiger partial charge in [0, 0.05) is 13.1 Å². The van der Waals surface area contributed by atoms with Crippen molar-refractivity contribution in [2.75, 3.05) is 13.7 Å². The van der Waals surface area contributed by atoms with E-state index in [1.807, 2.05) is 6.07 Å². The Morgan fingerprint density at radius 2 is 2.00 bits per heavy atom. The van der Waals surface area contributed by atoms with Gasteiger partial charge in [-0.2, -0.15) is 18.4 Å². The molecule has 22 heavy (non-hydrogen) atoms. The van der Waals surface area contributed by atoms with Crippen LogP contribution in [0.25, 0.3) is 0 Å². The fraction of sp³-hybridized carbons (Fsp3) is 0.357. The number of nitriles is 1. The number of hydrogen-bond donors (Lipinski definition) is 0. The lowest BCUT2D eigenvalue weighted by atomic mass is 9.91. The quantitative estimate of drug-likeness (QED) is 0.741. The van der Waals surface area contributed by atoms with Crippen molar-refractivity contribution in [1.29, 1.82) is 5.26 Å². The Kier molecular flexibility index (Phi) is 4.08. The van der Waals surface area contributed by atoms with Gasteiger partial charge in [0.2, 0.25) is 0 Å². The zero-order valence-corrected chi connectivity index (χ0v) is 11.5. The van der Waals surface area contributed by atoms with Crippen molar-refractivity contribution in [1.82, 2.24) is 4.90 Å².